The van der Waals surface area contributed by atoms with E-state index in [-0.39, 0.29) is 41.6 Å². The Labute approximate surface area is 116 Å². The number of ketones is 1. The highest BCUT2D eigenvalue weighted by atomic mass is 35.5. The van der Waals surface area contributed by atoms with Gasteiger partial charge in [-0.05, 0) is 18.2 Å². The molecule has 1 aliphatic rings. The van der Waals surface area contributed by atoms with Crippen LogP contribution in [0.25, 0.3) is 0 Å². The Morgan fingerprint density at radius 1 is 1.26 bits per heavy atom. The Morgan fingerprint density at radius 3 is 2.42 bits per heavy atom. The van der Waals surface area contributed by atoms with Gasteiger partial charge in [-0.1, -0.05) is 11.6 Å². The summed E-state index contributed by atoms with van der Waals surface area (Å²) in [6.45, 7) is 0.356. The molecule has 0 unspecified atom stereocenters. The molecule has 0 bridgehead atoms. The number of nitrogens with zero attached hydrogens (tertiary/aromatic N) is 2. The van der Waals surface area contributed by atoms with E-state index in [0.29, 0.717) is 5.56 Å². The molecule has 100 valence electrons. The second-order valence-electron chi connectivity index (χ2n) is 4.20. The summed E-state index contributed by atoms with van der Waals surface area (Å²) in [5.74, 6) is 0.0670. The molecular formula is C12H11ClN2O3S. The summed E-state index contributed by atoms with van der Waals surface area (Å²) >= 11 is 5.92. The summed E-state index contributed by atoms with van der Waals surface area (Å²) in [6.07, 6.45) is 0.459. The molecule has 1 aromatic carbocycles. The number of rotatable bonds is 2. The highest BCUT2D eigenvalue weighted by Crippen LogP contribution is 2.27. The lowest BCUT2D eigenvalue weighted by atomic mass is 10.1. The molecule has 0 aromatic heterocycles. The first-order chi connectivity index (χ1) is 8.95. The second-order valence-corrected chi connectivity index (χ2v) is 6.51. The molecule has 1 aromatic rings. The molecule has 0 N–H and O–H groups in total. The van der Waals surface area contributed by atoms with E-state index in [0.717, 1.165) is 0 Å². The van der Waals surface area contributed by atoms with Crippen molar-refractivity contribution in [3.63, 3.8) is 0 Å². The van der Waals surface area contributed by atoms with Gasteiger partial charge in [0.05, 0.1) is 16.7 Å². The molecule has 1 heterocycles. The third-order valence-electron chi connectivity index (χ3n) is 2.96. The van der Waals surface area contributed by atoms with Gasteiger partial charge in [0, 0.05) is 25.9 Å². The van der Waals surface area contributed by atoms with Crippen molar-refractivity contribution in [1.29, 1.82) is 5.26 Å². The molecule has 1 aliphatic heterocycles. The molecule has 0 radical (unpaired) electrons. The predicted molar refractivity (Wildman–Crippen MR) is 69.2 cm³/mol. The number of Topliss-reactive ketones (excluding diaryl/α,β-unsaturated/α-hetero) is 1. The lowest BCUT2D eigenvalue weighted by Gasteiger charge is -2.25. The van der Waals surface area contributed by atoms with Crippen LogP contribution < -0.4 is 0 Å². The van der Waals surface area contributed by atoms with Gasteiger partial charge in [-0.3, -0.25) is 4.79 Å². The van der Waals surface area contributed by atoms with Crippen LogP contribution in [0.4, 0.5) is 0 Å². The SMILES string of the molecule is N#Cc1ccc(S(=O)(=O)N2CCC(=O)CC2)c(Cl)c1. The van der Waals surface area contributed by atoms with E-state index in [1.165, 1.54) is 22.5 Å². The number of carbonyl (C=O) groups is 1. The van der Waals surface area contributed by atoms with E-state index < -0.39 is 10.0 Å². The van der Waals surface area contributed by atoms with Crippen molar-refractivity contribution in [2.24, 2.45) is 0 Å². The molecule has 1 saturated heterocycles. The van der Waals surface area contributed by atoms with Crippen LogP contribution in [0.15, 0.2) is 23.1 Å². The molecule has 7 heteroatoms. The predicted octanol–water partition coefficient (Wildman–Crippen LogP) is 1.57. The molecule has 0 amide bonds. The topological polar surface area (TPSA) is 78.2 Å². The maximum Gasteiger partial charge on any atom is 0.244 e. The molecule has 0 spiro atoms. The van der Waals surface area contributed by atoms with Gasteiger partial charge in [0.1, 0.15) is 10.7 Å². The van der Waals surface area contributed by atoms with Gasteiger partial charge in [-0.15, -0.1) is 0 Å². The molecular weight excluding hydrogens is 288 g/mol. The summed E-state index contributed by atoms with van der Waals surface area (Å²) in [5.41, 5.74) is 0.303. The molecule has 0 atom stereocenters. The molecule has 5 nitrogen and oxygen atoms in total. The summed E-state index contributed by atoms with van der Waals surface area (Å²) in [5, 5.41) is 8.75. The molecule has 0 aliphatic carbocycles. The Bertz CT molecular complexity index is 654. The summed E-state index contributed by atoms with van der Waals surface area (Å²) in [4.78, 5) is 11.1. The third kappa shape index (κ3) is 2.78. The maximum atomic E-state index is 12.4. The van der Waals surface area contributed by atoms with E-state index in [1.54, 1.807) is 0 Å². The zero-order valence-corrected chi connectivity index (χ0v) is 11.5. The Balaban J connectivity index is 2.35. The number of sulfonamides is 1. The quantitative estimate of drug-likeness (QED) is 0.830. The first-order valence-electron chi connectivity index (χ1n) is 5.66. The van der Waals surface area contributed by atoms with Crippen LogP contribution in [0.1, 0.15) is 18.4 Å². The van der Waals surface area contributed by atoms with E-state index in [9.17, 15) is 13.2 Å². The number of hydrogen-bond acceptors (Lipinski definition) is 4. The Hall–Kier alpha value is -1.42. The number of piperidine rings is 1. The first-order valence-corrected chi connectivity index (χ1v) is 7.48. The zero-order chi connectivity index (χ0) is 14.0. The van der Waals surface area contributed by atoms with Crippen molar-refractivity contribution in [2.45, 2.75) is 17.7 Å². The molecule has 0 saturated carbocycles. The largest absolute Gasteiger partial charge is 0.300 e. The van der Waals surface area contributed by atoms with E-state index in [4.69, 9.17) is 16.9 Å². The lowest BCUT2D eigenvalue weighted by Crippen LogP contribution is -2.38. The van der Waals surface area contributed by atoms with Crippen molar-refractivity contribution in [2.75, 3.05) is 13.1 Å². The van der Waals surface area contributed by atoms with Gasteiger partial charge in [0.2, 0.25) is 10.0 Å². The molecule has 19 heavy (non-hydrogen) atoms. The third-order valence-corrected chi connectivity index (χ3v) is 5.34. The standard InChI is InChI=1S/C12H11ClN2O3S/c13-11-7-9(8-14)1-2-12(11)19(17,18)15-5-3-10(16)4-6-15/h1-2,7H,3-6H2. The fraction of sp³-hybridized carbons (Fsp3) is 0.333. The minimum absolute atomic E-state index is 0.0240. The number of hydrogen-bond donors (Lipinski definition) is 0. The van der Waals surface area contributed by atoms with E-state index >= 15 is 0 Å². The van der Waals surface area contributed by atoms with Crippen molar-refractivity contribution < 1.29 is 13.2 Å². The summed E-state index contributed by atoms with van der Waals surface area (Å²) in [6, 6.07) is 5.95. The van der Waals surface area contributed by atoms with Crippen LogP contribution in [0.5, 0.6) is 0 Å². The average molecular weight is 299 g/mol. The van der Waals surface area contributed by atoms with Crippen LogP contribution in [-0.2, 0) is 14.8 Å². The zero-order valence-electron chi connectivity index (χ0n) is 9.97. The molecule has 2 rings (SSSR count). The monoisotopic (exact) mass is 298 g/mol. The van der Waals surface area contributed by atoms with Gasteiger partial charge < -0.3 is 0 Å². The van der Waals surface area contributed by atoms with Crippen molar-refractivity contribution in [3.05, 3.63) is 28.8 Å². The smallest absolute Gasteiger partial charge is 0.244 e. The Kier molecular flexibility index (Phi) is 3.90. The fourth-order valence-corrected chi connectivity index (χ4v) is 3.85. The van der Waals surface area contributed by atoms with E-state index in [2.05, 4.69) is 0 Å². The van der Waals surface area contributed by atoms with Gasteiger partial charge in [-0.25, -0.2) is 8.42 Å². The van der Waals surface area contributed by atoms with Gasteiger partial charge in [0.15, 0.2) is 0 Å². The van der Waals surface area contributed by atoms with Crippen molar-refractivity contribution in [3.8, 4) is 6.07 Å². The summed E-state index contributed by atoms with van der Waals surface area (Å²) < 4.78 is 26.0. The fourth-order valence-electron chi connectivity index (χ4n) is 1.89. The van der Waals surface area contributed by atoms with Crippen LogP contribution in [0, 0.1) is 11.3 Å². The maximum absolute atomic E-state index is 12.4. The van der Waals surface area contributed by atoms with Crippen molar-refractivity contribution >= 4 is 27.4 Å². The van der Waals surface area contributed by atoms with Crippen LogP contribution in [-0.4, -0.2) is 31.6 Å². The number of benzene rings is 1. The minimum Gasteiger partial charge on any atom is -0.300 e. The number of halogens is 1. The second kappa shape index (κ2) is 5.29. The first kappa shape index (κ1) is 14.0. The highest BCUT2D eigenvalue weighted by molar-refractivity contribution is 7.89. The average Bonchev–Trinajstić information content (AvgIpc) is 2.38. The number of carbonyl (C=O) groups excluding carboxylic acids is 1. The highest BCUT2D eigenvalue weighted by Gasteiger charge is 2.30. The van der Waals surface area contributed by atoms with Crippen molar-refractivity contribution in [1.82, 2.24) is 4.31 Å². The van der Waals surface area contributed by atoms with Gasteiger partial charge in [-0.2, -0.15) is 9.57 Å². The van der Waals surface area contributed by atoms with Gasteiger partial charge >= 0.3 is 0 Å². The summed E-state index contributed by atoms with van der Waals surface area (Å²) in [7, 11) is -3.70. The normalized spacial score (nSPS) is 17.2. The minimum atomic E-state index is -3.70. The molecule has 1 fully saturated rings. The van der Waals surface area contributed by atoms with E-state index in [1.807, 2.05) is 6.07 Å². The number of nitriles is 1. The van der Waals surface area contributed by atoms with Crippen LogP contribution >= 0.6 is 11.6 Å². The van der Waals surface area contributed by atoms with Gasteiger partial charge in [0.25, 0.3) is 0 Å². The lowest BCUT2D eigenvalue weighted by molar-refractivity contribution is -0.120. The van der Waals surface area contributed by atoms with Crippen LogP contribution in [0.3, 0.4) is 0 Å². The van der Waals surface area contributed by atoms with Crippen LogP contribution in [0.2, 0.25) is 5.02 Å². The Morgan fingerprint density at radius 2 is 1.89 bits per heavy atom.